The molecule has 1 aromatic rings. The van der Waals surface area contributed by atoms with Crippen molar-refractivity contribution in [3.63, 3.8) is 0 Å². The molecule has 0 fully saturated rings. The molecule has 0 radical (unpaired) electrons. The lowest BCUT2D eigenvalue weighted by Gasteiger charge is -2.12. The van der Waals surface area contributed by atoms with E-state index in [-0.39, 0.29) is 5.92 Å². The van der Waals surface area contributed by atoms with Gasteiger partial charge in [-0.3, -0.25) is 0 Å². The van der Waals surface area contributed by atoms with Gasteiger partial charge in [-0.15, -0.1) is 0 Å². The quantitative estimate of drug-likeness (QED) is 0.718. The maximum Gasteiger partial charge on any atom is 0.0715 e. The molecule has 1 rings (SSSR count). The monoisotopic (exact) mass is 215 g/mol. The van der Waals surface area contributed by atoms with Gasteiger partial charge in [0.25, 0.3) is 0 Å². The maximum absolute atomic E-state index is 9.15. The van der Waals surface area contributed by atoms with E-state index in [1.54, 1.807) is 0 Å². The number of hydrogen-bond acceptors (Lipinski definition) is 1. The molecule has 1 atom stereocenters. The average molecular weight is 215 g/mol. The van der Waals surface area contributed by atoms with Crippen LogP contribution in [0.25, 0.3) is 0 Å². The second-order valence-corrected chi connectivity index (χ2v) is 4.80. The smallest absolute Gasteiger partial charge is 0.0715 e. The fourth-order valence-corrected chi connectivity index (χ4v) is 1.94. The first-order valence-corrected chi connectivity index (χ1v) is 6.15. The Morgan fingerprint density at radius 1 is 1.19 bits per heavy atom. The fourth-order valence-electron chi connectivity index (χ4n) is 1.94. The van der Waals surface area contributed by atoms with Crippen LogP contribution < -0.4 is 0 Å². The van der Waals surface area contributed by atoms with Crippen LogP contribution in [0.15, 0.2) is 24.3 Å². The van der Waals surface area contributed by atoms with Gasteiger partial charge in [-0.1, -0.05) is 51.5 Å². The molecular weight excluding hydrogens is 194 g/mol. The van der Waals surface area contributed by atoms with Crippen LogP contribution in [0.2, 0.25) is 0 Å². The first-order valence-electron chi connectivity index (χ1n) is 6.15. The van der Waals surface area contributed by atoms with Crippen molar-refractivity contribution >= 4 is 0 Å². The van der Waals surface area contributed by atoms with E-state index in [1.807, 2.05) is 0 Å². The molecule has 0 aromatic heterocycles. The second kappa shape index (κ2) is 6.33. The third-order valence-corrected chi connectivity index (χ3v) is 2.78. The van der Waals surface area contributed by atoms with Gasteiger partial charge in [0.2, 0.25) is 0 Å². The number of nitriles is 1. The molecule has 0 aliphatic carbocycles. The molecule has 0 spiro atoms. The number of nitrogens with zero attached hydrogens (tertiary/aromatic N) is 1. The SMILES string of the molecule is CCCc1ccc(C(C#N)CC(C)C)cc1. The van der Waals surface area contributed by atoms with Crippen molar-refractivity contribution < 1.29 is 0 Å². The molecule has 1 aromatic carbocycles. The number of benzene rings is 1. The summed E-state index contributed by atoms with van der Waals surface area (Å²) in [5.41, 5.74) is 2.53. The van der Waals surface area contributed by atoms with Gasteiger partial charge in [-0.2, -0.15) is 5.26 Å². The van der Waals surface area contributed by atoms with Crippen LogP contribution in [0.3, 0.4) is 0 Å². The minimum Gasteiger partial charge on any atom is -0.198 e. The van der Waals surface area contributed by atoms with Crippen LogP contribution >= 0.6 is 0 Å². The van der Waals surface area contributed by atoms with Crippen LogP contribution in [-0.2, 0) is 6.42 Å². The van der Waals surface area contributed by atoms with Crippen LogP contribution in [0.5, 0.6) is 0 Å². The zero-order chi connectivity index (χ0) is 12.0. The molecule has 0 saturated carbocycles. The summed E-state index contributed by atoms with van der Waals surface area (Å²) in [7, 11) is 0. The summed E-state index contributed by atoms with van der Waals surface area (Å²) >= 11 is 0. The largest absolute Gasteiger partial charge is 0.198 e. The van der Waals surface area contributed by atoms with Crippen molar-refractivity contribution in [3.05, 3.63) is 35.4 Å². The maximum atomic E-state index is 9.15. The highest BCUT2D eigenvalue weighted by Gasteiger charge is 2.12. The van der Waals surface area contributed by atoms with E-state index in [0.29, 0.717) is 5.92 Å². The normalized spacial score (nSPS) is 12.4. The molecule has 0 saturated heterocycles. The predicted octanol–water partition coefficient (Wildman–Crippen LogP) is 4.29. The van der Waals surface area contributed by atoms with E-state index in [1.165, 1.54) is 12.0 Å². The van der Waals surface area contributed by atoms with Crippen molar-refractivity contribution in [2.75, 3.05) is 0 Å². The van der Waals surface area contributed by atoms with Gasteiger partial charge < -0.3 is 0 Å². The first kappa shape index (κ1) is 12.8. The number of rotatable bonds is 5. The standard InChI is InChI=1S/C15H21N/c1-4-5-13-6-8-14(9-7-13)15(11-16)10-12(2)3/h6-9,12,15H,4-5,10H2,1-3H3. The molecule has 0 aliphatic rings. The predicted molar refractivity (Wildman–Crippen MR) is 68.2 cm³/mol. The van der Waals surface area contributed by atoms with Crippen molar-refractivity contribution in [2.24, 2.45) is 5.92 Å². The van der Waals surface area contributed by atoms with Gasteiger partial charge >= 0.3 is 0 Å². The first-order chi connectivity index (χ1) is 7.67. The van der Waals surface area contributed by atoms with Crippen molar-refractivity contribution in [1.82, 2.24) is 0 Å². The van der Waals surface area contributed by atoms with Gasteiger partial charge in [0.15, 0.2) is 0 Å². The lowest BCUT2D eigenvalue weighted by Crippen LogP contribution is -2.00. The summed E-state index contributed by atoms with van der Waals surface area (Å²) in [6.07, 6.45) is 3.25. The van der Waals surface area contributed by atoms with Crippen molar-refractivity contribution in [3.8, 4) is 6.07 Å². The van der Waals surface area contributed by atoms with Gasteiger partial charge in [0.05, 0.1) is 12.0 Å². The lowest BCUT2D eigenvalue weighted by molar-refractivity contribution is 0.555. The second-order valence-electron chi connectivity index (χ2n) is 4.80. The highest BCUT2D eigenvalue weighted by Crippen LogP contribution is 2.23. The Morgan fingerprint density at radius 2 is 1.81 bits per heavy atom. The summed E-state index contributed by atoms with van der Waals surface area (Å²) in [6.45, 7) is 6.51. The third kappa shape index (κ3) is 3.70. The Bertz CT molecular complexity index is 343. The van der Waals surface area contributed by atoms with Crippen LogP contribution in [0.1, 0.15) is 50.7 Å². The van der Waals surface area contributed by atoms with E-state index in [4.69, 9.17) is 5.26 Å². The fraction of sp³-hybridized carbons (Fsp3) is 0.533. The third-order valence-electron chi connectivity index (χ3n) is 2.78. The Morgan fingerprint density at radius 3 is 2.25 bits per heavy atom. The molecule has 86 valence electrons. The van der Waals surface area contributed by atoms with Gasteiger partial charge in [0.1, 0.15) is 0 Å². The van der Waals surface area contributed by atoms with Crippen molar-refractivity contribution in [2.45, 2.75) is 46.0 Å². The average Bonchev–Trinajstić information content (AvgIpc) is 2.27. The van der Waals surface area contributed by atoms with E-state index in [0.717, 1.165) is 18.4 Å². The Hall–Kier alpha value is -1.29. The summed E-state index contributed by atoms with van der Waals surface area (Å²) in [5, 5.41) is 9.15. The molecule has 1 heteroatoms. The molecule has 0 bridgehead atoms. The zero-order valence-corrected chi connectivity index (χ0v) is 10.5. The Kier molecular flexibility index (Phi) is 5.05. The van der Waals surface area contributed by atoms with Gasteiger partial charge in [0, 0.05) is 0 Å². The zero-order valence-electron chi connectivity index (χ0n) is 10.5. The van der Waals surface area contributed by atoms with Crippen molar-refractivity contribution in [1.29, 1.82) is 5.26 Å². The molecule has 1 nitrogen and oxygen atoms in total. The van der Waals surface area contributed by atoms with E-state index in [2.05, 4.69) is 51.1 Å². The summed E-state index contributed by atoms with van der Waals surface area (Å²) in [6, 6.07) is 10.9. The van der Waals surface area contributed by atoms with E-state index < -0.39 is 0 Å². The summed E-state index contributed by atoms with van der Waals surface area (Å²) in [5.74, 6) is 0.621. The summed E-state index contributed by atoms with van der Waals surface area (Å²) in [4.78, 5) is 0. The molecule has 0 N–H and O–H groups in total. The highest BCUT2D eigenvalue weighted by atomic mass is 14.3. The number of hydrogen-bond donors (Lipinski definition) is 0. The van der Waals surface area contributed by atoms with Crippen LogP contribution in [0.4, 0.5) is 0 Å². The van der Waals surface area contributed by atoms with Gasteiger partial charge in [-0.05, 0) is 29.9 Å². The van der Waals surface area contributed by atoms with Crippen LogP contribution in [0, 0.1) is 17.2 Å². The van der Waals surface area contributed by atoms with E-state index >= 15 is 0 Å². The molecule has 1 unspecified atom stereocenters. The minimum atomic E-state index is 0.0516. The Balaban J connectivity index is 2.75. The van der Waals surface area contributed by atoms with E-state index in [9.17, 15) is 0 Å². The minimum absolute atomic E-state index is 0.0516. The number of aryl methyl sites for hydroxylation is 1. The topological polar surface area (TPSA) is 23.8 Å². The van der Waals surface area contributed by atoms with Gasteiger partial charge in [-0.25, -0.2) is 0 Å². The molecular formula is C15H21N. The lowest BCUT2D eigenvalue weighted by atomic mass is 9.91. The van der Waals surface area contributed by atoms with Crippen LogP contribution in [-0.4, -0.2) is 0 Å². The molecule has 0 heterocycles. The molecule has 16 heavy (non-hydrogen) atoms. The highest BCUT2D eigenvalue weighted by molar-refractivity contribution is 5.28. The molecule has 0 aliphatic heterocycles. The summed E-state index contributed by atoms with van der Waals surface area (Å²) < 4.78 is 0. The molecule has 0 amide bonds. The Labute approximate surface area is 99.1 Å².